The van der Waals surface area contributed by atoms with Crippen LogP contribution in [0.1, 0.15) is 42.5 Å². The van der Waals surface area contributed by atoms with Crippen LogP contribution < -0.4 is 4.74 Å². The molecular weight excluding hydrogens is 430 g/mol. The number of ketones is 1. The largest absolute Gasteiger partial charge is 0.507 e. The fraction of sp³-hybridized carbons (Fsp3) is 0.296. The van der Waals surface area contributed by atoms with E-state index in [9.17, 15) is 14.7 Å². The van der Waals surface area contributed by atoms with E-state index in [2.05, 4.69) is 4.98 Å². The fourth-order valence-corrected chi connectivity index (χ4v) is 4.16. The van der Waals surface area contributed by atoms with Gasteiger partial charge in [-0.25, -0.2) is 4.98 Å². The number of Topliss-reactive ketones (excluding diaryl/α,β-unsaturated/α-hetero) is 1. The summed E-state index contributed by atoms with van der Waals surface area (Å²) in [6, 6.07) is 14.0. The number of aliphatic hydroxyl groups excluding tert-OH is 1. The van der Waals surface area contributed by atoms with Gasteiger partial charge < -0.3 is 19.3 Å². The van der Waals surface area contributed by atoms with Gasteiger partial charge in [0.15, 0.2) is 0 Å². The number of likely N-dealkylation sites (tertiary alicyclic amines) is 1. The summed E-state index contributed by atoms with van der Waals surface area (Å²) >= 11 is 0. The predicted molar refractivity (Wildman–Crippen MR) is 129 cm³/mol. The molecule has 0 radical (unpaired) electrons. The van der Waals surface area contributed by atoms with Gasteiger partial charge in [-0.3, -0.25) is 9.59 Å². The molecule has 0 spiro atoms. The first-order chi connectivity index (χ1) is 16.5. The molecule has 0 aliphatic carbocycles. The highest BCUT2D eigenvalue weighted by Gasteiger charge is 2.45. The third-order valence-corrected chi connectivity index (χ3v) is 5.89. The Hall–Kier alpha value is -3.87. The zero-order valence-corrected chi connectivity index (χ0v) is 19.5. The van der Waals surface area contributed by atoms with E-state index < -0.39 is 17.7 Å². The zero-order chi connectivity index (χ0) is 24.1. The second-order valence-electron chi connectivity index (χ2n) is 8.43. The van der Waals surface area contributed by atoms with Crippen molar-refractivity contribution in [3.63, 3.8) is 0 Å². The van der Waals surface area contributed by atoms with Gasteiger partial charge in [0.05, 0.1) is 24.5 Å². The van der Waals surface area contributed by atoms with Crippen molar-refractivity contribution in [2.45, 2.75) is 39.3 Å². The molecule has 1 N–H and O–H groups in total. The molecule has 1 amide bonds. The number of amides is 1. The van der Waals surface area contributed by atoms with Crippen LogP contribution in [-0.2, 0) is 16.1 Å². The van der Waals surface area contributed by atoms with Crippen LogP contribution in [0.3, 0.4) is 0 Å². The van der Waals surface area contributed by atoms with Gasteiger partial charge in [0.2, 0.25) is 0 Å². The van der Waals surface area contributed by atoms with Crippen molar-refractivity contribution < 1.29 is 19.4 Å². The number of nitrogens with zero attached hydrogens (tertiary/aromatic N) is 3. The summed E-state index contributed by atoms with van der Waals surface area (Å²) in [7, 11) is 0. The lowest BCUT2D eigenvalue weighted by Crippen LogP contribution is -2.31. The lowest BCUT2D eigenvalue weighted by Gasteiger charge is -2.25. The Labute approximate surface area is 199 Å². The molecule has 7 nitrogen and oxygen atoms in total. The molecule has 1 fully saturated rings. The Kier molecular flexibility index (Phi) is 7.11. The summed E-state index contributed by atoms with van der Waals surface area (Å²) in [5.41, 5.74) is 2.40. The molecule has 1 saturated heterocycles. The number of benzene rings is 2. The molecular formula is C27H29N3O4. The average Bonchev–Trinajstić information content (AvgIpc) is 3.45. The van der Waals surface area contributed by atoms with Crippen LogP contribution in [0.4, 0.5) is 0 Å². The minimum absolute atomic E-state index is 0.101. The Morgan fingerprint density at radius 1 is 1.12 bits per heavy atom. The lowest BCUT2D eigenvalue weighted by molar-refractivity contribution is -0.139. The SMILES string of the molecule is CCCOc1cccc(/C(O)=C2\C(=O)C(=O)N(CCCn3ccnc3)C2c2ccc(C)cc2)c1. The van der Waals surface area contributed by atoms with Crippen LogP contribution in [-0.4, -0.2) is 44.4 Å². The molecule has 2 aromatic carbocycles. The van der Waals surface area contributed by atoms with Crippen molar-refractivity contribution in [3.05, 3.63) is 89.5 Å². The Morgan fingerprint density at radius 3 is 2.62 bits per heavy atom. The monoisotopic (exact) mass is 459 g/mol. The summed E-state index contributed by atoms with van der Waals surface area (Å²) in [5, 5.41) is 11.3. The normalized spacial score (nSPS) is 17.4. The van der Waals surface area contributed by atoms with Gasteiger partial charge in [-0.05, 0) is 37.5 Å². The van der Waals surface area contributed by atoms with Crippen molar-refractivity contribution in [2.24, 2.45) is 0 Å². The maximum atomic E-state index is 13.2. The average molecular weight is 460 g/mol. The molecule has 1 aromatic heterocycles. The molecule has 34 heavy (non-hydrogen) atoms. The van der Waals surface area contributed by atoms with Crippen LogP contribution in [0.2, 0.25) is 0 Å². The highest BCUT2D eigenvalue weighted by atomic mass is 16.5. The molecule has 2 heterocycles. The standard InChI is InChI=1S/C27H29N3O4/c1-3-16-34-22-7-4-6-21(17-22)25(31)23-24(20-10-8-19(2)9-11-20)30(27(33)26(23)32)14-5-13-29-15-12-28-18-29/h4,6-12,15,17-18,24,31H,3,5,13-14,16H2,1-2H3/b25-23+. The molecule has 1 aliphatic rings. The fourth-order valence-electron chi connectivity index (χ4n) is 4.16. The van der Waals surface area contributed by atoms with Gasteiger partial charge >= 0.3 is 0 Å². The number of aliphatic hydroxyl groups is 1. The van der Waals surface area contributed by atoms with E-state index >= 15 is 0 Å². The van der Waals surface area contributed by atoms with Crippen LogP contribution >= 0.6 is 0 Å². The van der Waals surface area contributed by atoms with Crippen molar-refractivity contribution in [2.75, 3.05) is 13.2 Å². The molecule has 7 heteroatoms. The Morgan fingerprint density at radius 2 is 1.91 bits per heavy atom. The maximum absolute atomic E-state index is 13.2. The number of rotatable bonds is 9. The summed E-state index contributed by atoms with van der Waals surface area (Å²) in [6.07, 6.45) is 6.79. The number of hydrogen-bond donors (Lipinski definition) is 1. The highest BCUT2D eigenvalue weighted by Crippen LogP contribution is 2.39. The first-order valence-electron chi connectivity index (χ1n) is 11.5. The first kappa shape index (κ1) is 23.3. The summed E-state index contributed by atoms with van der Waals surface area (Å²) in [6.45, 7) is 5.58. The van der Waals surface area contributed by atoms with E-state index in [0.717, 1.165) is 17.5 Å². The second kappa shape index (κ2) is 10.4. The van der Waals surface area contributed by atoms with Crippen molar-refractivity contribution in [1.29, 1.82) is 0 Å². The topological polar surface area (TPSA) is 84.7 Å². The third-order valence-electron chi connectivity index (χ3n) is 5.89. The van der Waals surface area contributed by atoms with Crippen LogP contribution in [0.5, 0.6) is 5.75 Å². The minimum atomic E-state index is -0.675. The minimum Gasteiger partial charge on any atom is -0.507 e. The van der Waals surface area contributed by atoms with E-state index in [1.807, 2.05) is 48.9 Å². The highest BCUT2D eigenvalue weighted by molar-refractivity contribution is 6.46. The number of carbonyl (C=O) groups excluding carboxylic acids is 2. The quantitative estimate of drug-likeness (QED) is 0.289. The maximum Gasteiger partial charge on any atom is 0.295 e. The van der Waals surface area contributed by atoms with Gasteiger partial charge in [-0.15, -0.1) is 0 Å². The van der Waals surface area contributed by atoms with Crippen molar-refractivity contribution in [1.82, 2.24) is 14.5 Å². The summed E-state index contributed by atoms with van der Waals surface area (Å²) < 4.78 is 7.62. The number of hydrogen-bond acceptors (Lipinski definition) is 5. The number of imidazole rings is 1. The molecule has 0 saturated carbocycles. The molecule has 3 aromatic rings. The van der Waals surface area contributed by atoms with E-state index in [1.165, 1.54) is 0 Å². The van der Waals surface area contributed by atoms with Crippen LogP contribution in [0, 0.1) is 6.92 Å². The van der Waals surface area contributed by atoms with Crippen molar-refractivity contribution >= 4 is 17.4 Å². The van der Waals surface area contributed by atoms with E-state index in [-0.39, 0.29) is 11.3 Å². The second-order valence-corrected chi connectivity index (χ2v) is 8.43. The smallest absolute Gasteiger partial charge is 0.295 e. The number of aryl methyl sites for hydroxylation is 2. The summed E-state index contributed by atoms with van der Waals surface area (Å²) in [4.78, 5) is 31.9. The third kappa shape index (κ3) is 4.88. The lowest BCUT2D eigenvalue weighted by atomic mass is 9.94. The van der Waals surface area contributed by atoms with E-state index in [4.69, 9.17) is 4.74 Å². The molecule has 4 rings (SSSR count). The molecule has 176 valence electrons. The Bertz CT molecular complexity index is 1180. The van der Waals surface area contributed by atoms with Crippen LogP contribution in [0.25, 0.3) is 5.76 Å². The van der Waals surface area contributed by atoms with Gasteiger partial charge in [0, 0.05) is 31.0 Å². The zero-order valence-electron chi connectivity index (χ0n) is 19.5. The Balaban J connectivity index is 1.71. The van der Waals surface area contributed by atoms with Gasteiger partial charge in [0.1, 0.15) is 11.5 Å². The van der Waals surface area contributed by atoms with Crippen LogP contribution in [0.15, 0.2) is 72.8 Å². The van der Waals surface area contributed by atoms with E-state index in [0.29, 0.717) is 37.4 Å². The molecule has 1 unspecified atom stereocenters. The van der Waals surface area contributed by atoms with Gasteiger partial charge in [-0.2, -0.15) is 0 Å². The number of ether oxygens (including phenoxy) is 1. The van der Waals surface area contributed by atoms with Gasteiger partial charge in [-0.1, -0.05) is 48.9 Å². The summed E-state index contributed by atoms with van der Waals surface area (Å²) in [5.74, 6) is -0.864. The molecule has 1 atom stereocenters. The van der Waals surface area contributed by atoms with Gasteiger partial charge in [0.25, 0.3) is 11.7 Å². The van der Waals surface area contributed by atoms with E-state index in [1.54, 1.807) is 41.7 Å². The predicted octanol–water partition coefficient (Wildman–Crippen LogP) is 4.49. The number of aromatic nitrogens is 2. The molecule has 1 aliphatic heterocycles. The number of carbonyl (C=O) groups is 2. The molecule has 0 bridgehead atoms. The van der Waals surface area contributed by atoms with Crippen molar-refractivity contribution in [3.8, 4) is 5.75 Å². The first-order valence-corrected chi connectivity index (χ1v) is 11.5.